The molecular weight excluding hydrogens is 275 g/mol. The van der Waals surface area contributed by atoms with Gasteiger partial charge in [0.2, 0.25) is 0 Å². The highest BCUT2D eigenvalue weighted by molar-refractivity contribution is 6.34. The predicted octanol–water partition coefficient (Wildman–Crippen LogP) is 4.65. The molecule has 0 aliphatic rings. The molecule has 0 amide bonds. The second-order valence-electron chi connectivity index (χ2n) is 4.48. The minimum absolute atomic E-state index is 0.147. The Morgan fingerprint density at radius 2 is 1.85 bits per heavy atom. The van der Waals surface area contributed by atoms with E-state index in [1.807, 2.05) is 24.3 Å². The largest absolute Gasteiger partial charge is 0.228 e. The number of fused-ring (bicyclic) bond motifs is 1. The zero-order valence-electron chi connectivity index (χ0n) is 10.9. The topological polar surface area (TPSA) is 25.8 Å². The molecule has 3 aromatic rings. The predicted molar refractivity (Wildman–Crippen MR) is 79.3 cm³/mol. The molecule has 0 radical (unpaired) electrons. The Balaban J connectivity index is 2.28. The minimum Gasteiger partial charge on any atom is -0.228 e. The molecule has 0 saturated heterocycles. The van der Waals surface area contributed by atoms with Gasteiger partial charge in [-0.1, -0.05) is 48.9 Å². The first-order chi connectivity index (χ1) is 9.70. The van der Waals surface area contributed by atoms with Crippen molar-refractivity contribution in [3.8, 4) is 11.4 Å². The maximum Gasteiger partial charge on any atom is 0.161 e. The molecule has 4 heteroatoms. The second-order valence-corrected chi connectivity index (χ2v) is 4.84. The number of hydrogen-bond acceptors (Lipinski definition) is 2. The normalized spacial score (nSPS) is 10.9. The van der Waals surface area contributed by atoms with Crippen LogP contribution in [-0.4, -0.2) is 9.97 Å². The highest BCUT2D eigenvalue weighted by Crippen LogP contribution is 2.28. The van der Waals surface area contributed by atoms with Crippen molar-refractivity contribution >= 4 is 22.5 Å². The molecule has 0 N–H and O–H groups in total. The third kappa shape index (κ3) is 2.14. The van der Waals surface area contributed by atoms with Crippen LogP contribution in [0.3, 0.4) is 0 Å². The Bertz CT molecular complexity index is 787. The van der Waals surface area contributed by atoms with Gasteiger partial charge in [0, 0.05) is 5.56 Å². The molecule has 2 aromatic carbocycles. The Kier molecular flexibility index (Phi) is 3.36. The Morgan fingerprint density at radius 1 is 1.05 bits per heavy atom. The Morgan fingerprint density at radius 3 is 2.65 bits per heavy atom. The van der Waals surface area contributed by atoms with Crippen molar-refractivity contribution < 1.29 is 4.39 Å². The lowest BCUT2D eigenvalue weighted by atomic mass is 10.0. The fourth-order valence-electron chi connectivity index (χ4n) is 2.27. The van der Waals surface area contributed by atoms with E-state index in [1.165, 1.54) is 6.07 Å². The van der Waals surface area contributed by atoms with Crippen LogP contribution in [-0.2, 0) is 6.42 Å². The maximum absolute atomic E-state index is 13.8. The maximum atomic E-state index is 13.8. The van der Waals surface area contributed by atoms with Crippen molar-refractivity contribution in [3.05, 3.63) is 59.0 Å². The summed E-state index contributed by atoms with van der Waals surface area (Å²) in [6.45, 7) is 2.07. The van der Waals surface area contributed by atoms with Crippen LogP contribution in [0.1, 0.15) is 12.5 Å². The molecule has 0 spiro atoms. The lowest BCUT2D eigenvalue weighted by Crippen LogP contribution is -1.96. The van der Waals surface area contributed by atoms with Crippen LogP contribution in [0.2, 0.25) is 5.15 Å². The van der Waals surface area contributed by atoms with Gasteiger partial charge < -0.3 is 0 Å². The molecule has 100 valence electrons. The molecule has 3 rings (SSSR count). The SMILES string of the molecule is CCc1ccccc1-c1nc(Cl)c2c(F)cccc2n1. The third-order valence-corrected chi connectivity index (χ3v) is 3.54. The standard InChI is InChI=1S/C16H12ClFN2/c1-2-10-6-3-4-7-11(10)16-19-13-9-5-8-12(18)14(13)15(17)20-16/h3-9H,2H2,1H3. The number of hydrogen-bond donors (Lipinski definition) is 0. The van der Waals surface area contributed by atoms with Gasteiger partial charge in [-0.25, -0.2) is 14.4 Å². The first-order valence-electron chi connectivity index (χ1n) is 6.40. The fraction of sp³-hybridized carbons (Fsp3) is 0.125. The molecule has 0 saturated carbocycles. The van der Waals surface area contributed by atoms with E-state index in [0.717, 1.165) is 17.5 Å². The van der Waals surface area contributed by atoms with E-state index in [4.69, 9.17) is 11.6 Å². The number of nitrogens with zero attached hydrogens (tertiary/aromatic N) is 2. The van der Waals surface area contributed by atoms with Crippen LogP contribution >= 0.6 is 11.6 Å². The van der Waals surface area contributed by atoms with Crippen LogP contribution in [0.5, 0.6) is 0 Å². The summed E-state index contributed by atoms with van der Waals surface area (Å²) in [4.78, 5) is 8.70. The number of benzene rings is 2. The molecule has 1 aromatic heterocycles. The van der Waals surface area contributed by atoms with Gasteiger partial charge in [0.05, 0.1) is 10.9 Å². The Hall–Kier alpha value is -2.00. The van der Waals surface area contributed by atoms with Gasteiger partial charge in [-0.2, -0.15) is 0 Å². The van der Waals surface area contributed by atoms with E-state index in [-0.39, 0.29) is 10.5 Å². The van der Waals surface area contributed by atoms with Gasteiger partial charge in [0.1, 0.15) is 11.0 Å². The van der Waals surface area contributed by atoms with Crippen LogP contribution in [0, 0.1) is 5.82 Å². The average molecular weight is 287 g/mol. The number of halogens is 2. The van der Waals surface area contributed by atoms with E-state index in [1.54, 1.807) is 12.1 Å². The summed E-state index contributed by atoms with van der Waals surface area (Å²) in [6.07, 6.45) is 0.873. The van der Waals surface area contributed by atoms with Crippen molar-refractivity contribution in [2.75, 3.05) is 0 Å². The zero-order valence-corrected chi connectivity index (χ0v) is 11.7. The van der Waals surface area contributed by atoms with E-state index in [0.29, 0.717) is 11.3 Å². The highest BCUT2D eigenvalue weighted by Gasteiger charge is 2.12. The van der Waals surface area contributed by atoms with Gasteiger partial charge in [-0.3, -0.25) is 0 Å². The summed E-state index contributed by atoms with van der Waals surface area (Å²) in [5.41, 5.74) is 2.59. The molecule has 1 heterocycles. The summed E-state index contributed by atoms with van der Waals surface area (Å²) >= 11 is 6.12. The van der Waals surface area contributed by atoms with Crippen molar-refractivity contribution in [2.24, 2.45) is 0 Å². The fourth-order valence-corrected chi connectivity index (χ4v) is 2.53. The summed E-state index contributed by atoms with van der Waals surface area (Å²) in [5.74, 6) is 0.133. The molecular formula is C16H12ClFN2. The first-order valence-corrected chi connectivity index (χ1v) is 6.78. The van der Waals surface area contributed by atoms with Crippen LogP contribution < -0.4 is 0 Å². The zero-order chi connectivity index (χ0) is 14.1. The summed E-state index contributed by atoms with van der Waals surface area (Å²) in [5, 5.41) is 0.418. The third-order valence-electron chi connectivity index (χ3n) is 3.27. The molecule has 2 nitrogen and oxygen atoms in total. The molecule has 0 fully saturated rings. The summed E-state index contributed by atoms with van der Waals surface area (Å²) in [6, 6.07) is 12.6. The monoisotopic (exact) mass is 286 g/mol. The summed E-state index contributed by atoms with van der Waals surface area (Å²) < 4.78 is 13.8. The highest BCUT2D eigenvalue weighted by atomic mass is 35.5. The first kappa shape index (κ1) is 13.0. The van der Waals surface area contributed by atoms with Crippen molar-refractivity contribution in [1.82, 2.24) is 9.97 Å². The van der Waals surface area contributed by atoms with E-state index in [9.17, 15) is 4.39 Å². The average Bonchev–Trinajstić information content (AvgIpc) is 2.47. The van der Waals surface area contributed by atoms with Gasteiger partial charge in [0.25, 0.3) is 0 Å². The van der Waals surface area contributed by atoms with Crippen LogP contribution in [0.4, 0.5) is 4.39 Å². The summed E-state index contributed by atoms with van der Waals surface area (Å²) in [7, 11) is 0. The Labute approximate surface area is 121 Å². The van der Waals surface area contributed by atoms with E-state index < -0.39 is 5.82 Å². The lowest BCUT2D eigenvalue weighted by molar-refractivity contribution is 0.639. The lowest BCUT2D eigenvalue weighted by Gasteiger charge is -2.08. The number of rotatable bonds is 2. The molecule has 0 atom stereocenters. The molecule has 0 aliphatic carbocycles. The van der Waals surface area contributed by atoms with Crippen molar-refractivity contribution in [1.29, 1.82) is 0 Å². The second kappa shape index (κ2) is 5.17. The van der Waals surface area contributed by atoms with Crippen LogP contribution in [0.15, 0.2) is 42.5 Å². The van der Waals surface area contributed by atoms with Gasteiger partial charge in [0.15, 0.2) is 5.82 Å². The van der Waals surface area contributed by atoms with Crippen molar-refractivity contribution in [2.45, 2.75) is 13.3 Å². The van der Waals surface area contributed by atoms with Gasteiger partial charge >= 0.3 is 0 Å². The van der Waals surface area contributed by atoms with Crippen LogP contribution in [0.25, 0.3) is 22.3 Å². The van der Waals surface area contributed by atoms with Gasteiger partial charge in [-0.05, 0) is 24.1 Å². The molecule has 0 bridgehead atoms. The smallest absolute Gasteiger partial charge is 0.161 e. The molecule has 20 heavy (non-hydrogen) atoms. The van der Waals surface area contributed by atoms with Crippen molar-refractivity contribution in [3.63, 3.8) is 0 Å². The molecule has 0 aliphatic heterocycles. The van der Waals surface area contributed by atoms with E-state index >= 15 is 0 Å². The molecule has 0 unspecified atom stereocenters. The number of aryl methyl sites for hydroxylation is 1. The van der Waals surface area contributed by atoms with E-state index in [2.05, 4.69) is 16.9 Å². The van der Waals surface area contributed by atoms with Gasteiger partial charge in [-0.15, -0.1) is 0 Å². The quantitative estimate of drug-likeness (QED) is 0.641. The minimum atomic E-state index is -0.400. The number of aromatic nitrogens is 2.